The molecule has 0 radical (unpaired) electrons. The zero-order valence-electron chi connectivity index (χ0n) is 53.4. The van der Waals surface area contributed by atoms with Crippen LogP contribution in [0.1, 0.15) is 393 Å². The Morgan fingerprint density at radius 3 is 0.899 bits per heavy atom. The van der Waals surface area contributed by atoms with Crippen LogP contribution in [0.4, 0.5) is 0 Å². The molecule has 0 aliphatic heterocycles. The van der Waals surface area contributed by atoms with Crippen LogP contribution < -0.4 is 5.32 Å². The number of carbonyl (C=O) groups is 2. The number of aliphatic hydroxyl groups excluding tert-OH is 2. The van der Waals surface area contributed by atoms with Gasteiger partial charge in [-0.05, 0) is 83.5 Å². The zero-order valence-corrected chi connectivity index (χ0v) is 53.4. The van der Waals surface area contributed by atoms with E-state index in [1.807, 2.05) is 6.08 Å². The molecule has 0 heterocycles. The predicted octanol–water partition coefficient (Wildman–Crippen LogP) is 23.1. The summed E-state index contributed by atoms with van der Waals surface area (Å²) in [5, 5.41) is 23.1. The summed E-state index contributed by atoms with van der Waals surface area (Å²) < 4.78 is 5.51. The van der Waals surface area contributed by atoms with Gasteiger partial charge in [-0.3, -0.25) is 9.59 Å². The average molecular weight is 1110 g/mol. The van der Waals surface area contributed by atoms with Crippen LogP contribution >= 0.6 is 0 Å². The van der Waals surface area contributed by atoms with Crippen molar-refractivity contribution in [3.8, 4) is 0 Å². The minimum Gasteiger partial charge on any atom is -0.466 e. The molecule has 0 bridgehead atoms. The third-order valence-corrected chi connectivity index (χ3v) is 16.6. The monoisotopic (exact) mass is 1110 g/mol. The van der Waals surface area contributed by atoms with Crippen LogP contribution in [-0.4, -0.2) is 47.4 Å². The van der Waals surface area contributed by atoms with Crippen molar-refractivity contribution in [1.29, 1.82) is 0 Å². The van der Waals surface area contributed by atoms with E-state index in [0.29, 0.717) is 19.4 Å². The van der Waals surface area contributed by atoms with E-state index in [9.17, 15) is 19.8 Å². The fraction of sp³-hybridized carbons (Fsp3) is 0.890. The van der Waals surface area contributed by atoms with Crippen LogP contribution in [-0.2, 0) is 14.3 Å². The summed E-state index contributed by atoms with van der Waals surface area (Å²) in [6.07, 6.45) is 88.0. The Morgan fingerprint density at radius 1 is 0.342 bits per heavy atom. The first kappa shape index (κ1) is 77.1. The minimum atomic E-state index is -0.843. The van der Waals surface area contributed by atoms with Crippen LogP contribution in [0, 0.1) is 0 Å². The van der Waals surface area contributed by atoms with Gasteiger partial charge in [0, 0.05) is 12.8 Å². The van der Waals surface area contributed by atoms with Gasteiger partial charge in [-0.25, -0.2) is 0 Å². The molecule has 0 saturated heterocycles. The van der Waals surface area contributed by atoms with E-state index >= 15 is 0 Å². The molecule has 0 saturated carbocycles. The molecule has 6 nitrogen and oxygen atoms in total. The maximum absolute atomic E-state index is 12.5. The number of esters is 1. The van der Waals surface area contributed by atoms with Crippen molar-refractivity contribution in [2.75, 3.05) is 13.2 Å². The van der Waals surface area contributed by atoms with Crippen molar-refractivity contribution in [3.05, 3.63) is 36.5 Å². The van der Waals surface area contributed by atoms with Crippen molar-refractivity contribution >= 4 is 11.9 Å². The van der Waals surface area contributed by atoms with Crippen molar-refractivity contribution in [3.63, 3.8) is 0 Å². The van der Waals surface area contributed by atoms with Gasteiger partial charge in [-0.2, -0.15) is 0 Å². The first-order chi connectivity index (χ1) is 39.0. The molecule has 2 atom stereocenters. The Labute approximate surface area is 494 Å². The van der Waals surface area contributed by atoms with E-state index < -0.39 is 12.1 Å². The lowest BCUT2D eigenvalue weighted by Crippen LogP contribution is -2.45. The molecule has 0 aliphatic carbocycles. The lowest BCUT2D eigenvalue weighted by Gasteiger charge is -2.20. The third-order valence-electron chi connectivity index (χ3n) is 16.6. The first-order valence-corrected chi connectivity index (χ1v) is 35.8. The normalized spacial score (nSPS) is 12.7. The van der Waals surface area contributed by atoms with Gasteiger partial charge in [0.05, 0.1) is 25.4 Å². The van der Waals surface area contributed by atoms with Gasteiger partial charge in [0.25, 0.3) is 0 Å². The summed E-state index contributed by atoms with van der Waals surface area (Å²) in [6.45, 7) is 4.92. The second-order valence-corrected chi connectivity index (χ2v) is 24.6. The summed E-state index contributed by atoms with van der Waals surface area (Å²) in [4.78, 5) is 24.6. The SMILES string of the molecule is CCCCCCCC/C=C\CCCCCCCCCCCC(=O)OCCCCCCCCCCCCCC/C=C\CCCCCCCCCCCCCCCCC(=O)NC(CO)C(O)/C=C/CCCCCCCCCCCCC. The fourth-order valence-corrected chi connectivity index (χ4v) is 11.2. The Morgan fingerprint density at radius 2 is 0.595 bits per heavy atom. The molecule has 1 amide bonds. The highest BCUT2D eigenvalue weighted by Gasteiger charge is 2.18. The number of aliphatic hydroxyl groups is 2. The van der Waals surface area contributed by atoms with E-state index in [0.717, 1.165) is 38.5 Å². The molecular formula is C73H139NO5. The lowest BCUT2D eigenvalue weighted by atomic mass is 10.0. The summed E-state index contributed by atoms with van der Waals surface area (Å²) in [6, 6.07) is -0.626. The van der Waals surface area contributed by atoms with Crippen LogP contribution in [0.5, 0.6) is 0 Å². The van der Waals surface area contributed by atoms with Gasteiger partial charge in [-0.15, -0.1) is 0 Å². The van der Waals surface area contributed by atoms with E-state index in [4.69, 9.17) is 4.74 Å². The highest BCUT2D eigenvalue weighted by Crippen LogP contribution is 2.18. The van der Waals surface area contributed by atoms with Gasteiger partial charge in [0.2, 0.25) is 5.91 Å². The molecule has 0 aromatic carbocycles. The topological polar surface area (TPSA) is 95.9 Å². The number of carbonyl (C=O) groups excluding carboxylic acids is 2. The van der Waals surface area contributed by atoms with E-state index in [2.05, 4.69) is 43.5 Å². The summed E-state index contributed by atoms with van der Waals surface area (Å²) >= 11 is 0. The fourth-order valence-electron chi connectivity index (χ4n) is 11.2. The molecule has 0 spiro atoms. The number of hydrogen-bond acceptors (Lipinski definition) is 5. The highest BCUT2D eigenvalue weighted by atomic mass is 16.5. The standard InChI is InChI=1S/C73H139NO5/c1-3-5-7-9-11-13-15-17-18-19-32-36-39-43-47-51-55-59-63-67-73(78)79-68-64-60-56-52-48-44-40-37-34-31-29-27-25-23-21-20-22-24-26-28-30-33-35-38-42-46-50-54-58-62-66-72(77)74-70(69-75)71(76)65-61-57-53-49-45-41-16-14-12-10-8-6-4-2/h17-18,21,23,61,65,70-71,75-76H,3-16,19-20,22,24-60,62-64,66-69H2,1-2H3,(H,74,77)/b18-17-,23-21-,65-61+. The number of ether oxygens (including phenoxy) is 1. The van der Waals surface area contributed by atoms with Crippen molar-refractivity contribution in [2.24, 2.45) is 0 Å². The molecule has 3 N–H and O–H groups in total. The van der Waals surface area contributed by atoms with Crippen molar-refractivity contribution < 1.29 is 24.5 Å². The molecular weight excluding hydrogens is 971 g/mol. The minimum absolute atomic E-state index is 0.0168. The Bertz CT molecular complexity index is 1280. The summed E-state index contributed by atoms with van der Waals surface area (Å²) in [7, 11) is 0. The number of allylic oxidation sites excluding steroid dienone is 5. The predicted molar refractivity (Wildman–Crippen MR) is 347 cm³/mol. The molecule has 0 aromatic heterocycles. The molecule has 0 aromatic rings. The Hall–Kier alpha value is -1.92. The van der Waals surface area contributed by atoms with Crippen LogP contribution in [0.2, 0.25) is 0 Å². The number of amides is 1. The van der Waals surface area contributed by atoms with E-state index in [1.165, 1.54) is 327 Å². The Balaban J connectivity index is 3.35. The highest BCUT2D eigenvalue weighted by molar-refractivity contribution is 5.76. The zero-order chi connectivity index (χ0) is 57.1. The Kier molecular flexibility index (Phi) is 66.9. The smallest absolute Gasteiger partial charge is 0.305 e. The second kappa shape index (κ2) is 68.6. The molecule has 79 heavy (non-hydrogen) atoms. The maximum atomic E-state index is 12.5. The van der Waals surface area contributed by atoms with Crippen molar-refractivity contribution in [1.82, 2.24) is 5.32 Å². The first-order valence-electron chi connectivity index (χ1n) is 35.8. The van der Waals surface area contributed by atoms with Gasteiger partial charge >= 0.3 is 5.97 Å². The quantitative estimate of drug-likeness (QED) is 0.0320. The van der Waals surface area contributed by atoms with Crippen LogP contribution in [0.25, 0.3) is 0 Å². The molecule has 466 valence electrons. The molecule has 6 heteroatoms. The van der Waals surface area contributed by atoms with Gasteiger partial charge < -0.3 is 20.3 Å². The maximum Gasteiger partial charge on any atom is 0.305 e. The lowest BCUT2D eigenvalue weighted by molar-refractivity contribution is -0.143. The van der Waals surface area contributed by atoms with Gasteiger partial charge in [0.1, 0.15) is 0 Å². The number of rotatable bonds is 67. The largest absolute Gasteiger partial charge is 0.466 e. The number of unbranched alkanes of at least 4 members (excludes halogenated alkanes) is 52. The molecule has 0 aliphatic rings. The van der Waals surface area contributed by atoms with E-state index in [-0.39, 0.29) is 18.5 Å². The second-order valence-electron chi connectivity index (χ2n) is 24.6. The van der Waals surface area contributed by atoms with Crippen LogP contribution in [0.3, 0.4) is 0 Å². The number of nitrogens with one attached hydrogen (secondary N) is 1. The van der Waals surface area contributed by atoms with Crippen molar-refractivity contribution in [2.45, 2.75) is 405 Å². The molecule has 0 rings (SSSR count). The van der Waals surface area contributed by atoms with E-state index in [1.54, 1.807) is 6.08 Å². The van der Waals surface area contributed by atoms with Gasteiger partial charge in [0.15, 0.2) is 0 Å². The average Bonchev–Trinajstić information content (AvgIpc) is 3.45. The third kappa shape index (κ3) is 65.1. The summed E-state index contributed by atoms with van der Waals surface area (Å²) in [5.74, 6) is -0.0485. The summed E-state index contributed by atoms with van der Waals surface area (Å²) in [5.41, 5.74) is 0. The van der Waals surface area contributed by atoms with Gasteiger partial charge in [-0.1, -0.05) is 333 Å². The van der Waals surface area contributed by atoms with Crippen LogP contribution in [0.15, 0.2) is 36.5 Å². The number of hydrogen-bond donors (Lipinski definition) is 3. The molecule has 2 unspecified atom stereocenters. The molecule has 0 fully saturated rings.